The van der Waals surface area contributed by atoms with Crippen LogP contribution in [0.3, 0.4) is 0 Å². The number of ketones is 1. The second-order valence-corrected chi connectivity index (χ2v) is 3.85. The fourth-order valence-corrected chi connectivity index (χ4v) is 2.14. The number of carbonyl (C=O) groups is 1. The van der Waals surface area contributed by atoms with Crippen LogP contribution in [0.15, 0.2) is 0 Å². The van der Waals surface area contributed by atoms with Crippen molar-refractivity contribution in [2.75, 3.05) is 19.6 Å². The number of Topliss-reactive ketones (excluding diaryl/α,β-unsaturated/α-hetero) is 1. The van der Waals surface area contributed by atoms with Crippen molar-refractivity contribution < 1.29 is 9.53 Å². The van der Waals surface area contributed by atoms with Crippen molar-refractivity contribution in [3.63, 3.8) is 0 Å². The smallest absolute Gasteiger partial charge is 0.143 e. The molecule has 0 spiro atoms. The summed E-state index contributed by atoms with van der Waals surface area (Å²) in [5, 5.41) is 0. The molecular weight excluding hydrogens is 154 g/mol. The van der Waals surface area contributed by atoms with Crippen LogP contribution in [0.1, 0.15) is 19.8 Å². The number of morpholine rings is 1. The molecule has 2 rings (SSSR count). The maximum Gasteiger partial charge on any atom is 0.143 e. The Morgan fingerprint density at radius 2 is 2.00 bits per heavy atom. The first kappa shape index (κ1) is 8.20. The van der Waals surface area contributed by atoms with Gasteiger partial charge in [-0.15, -0.1) is 0 Å². The Kier molecular flexibility index (Phi) is 2.15. The van der Waals surface area contributed by atoms with Crippen LogP contribution < -0.4 is 0 Å². The molecule has 0 amide bonds. The van der Waals surface area contributed by atoms with E-state index < -0.39 is 0 Å². The average Bonchev–Trinajstić information content (AvgIpc) is 2.29. The molecule has 0 radical (unpaired) electrons. The minimum absolute atomic E-state index is 0.260. The summed E-state index contributed by atoms with van der Waals surface area (Å²) in [6, 6.07) is 0. The standard InChI is InChI=1S/C9H15NO2/c1-7(11)4-10-5-8-2-3-9(6-10)12-8/h8-9H,2-6H2,1H3. The van der Waals surface area contributed by atoms with Gasteiger partial charge in [0, 0.05) is 13.1 Å². The van der Waals surface area contributed by atoms with Crippen molar-refractivity contribution in [1.82, 2.24) is 4.90 Å². The highest BCUT2D eigenvalue weighted by Gasteiger charge is 2.33. The number of hydrogen-bond acceptors (Lipinski definition) is 3. The third-order valence-corrected chi connectivity index (χ3v) is 2.57. The lowest BCUT2D eigenvalue weighted by Gasteiger charge is -2.31. The van der Waals surface area contributed by atoms with Crippen LogP contribution in [-0.2, 0) is 9.53 Å². The van der Waals surface area contributed by atoms with E-state index in [2.05, 4.69) is 4.90 Å². The molecule has 0 aliphatic carbocycles. The molecule has 2 saturated heterocycles. The highest BCUT2D eigenvalue weighted by atomic mass is 16.5. The van der Waals surface area contributed by atoms with E-state index in [9.17, 15) is 4.79 Å². The first-order valence-electron chi connectivity index (χ1n) is 4.61. The summed E-state index contributed by atoms with van der Waals surface area (Å²) >= 11 is 0. The molecule has 0 saturated carbocycles. The zero-order valence-electron chi connectivity index (χ0n) is 7.45. The maximum atomic E-state index is 10.9. The lowest BCUT2D eigenvalue weighted by atomic mass is 10.2. The largest absolute Gasteiger partial charge is 0.372 e. The van der Waals surface area contributed by atoms with Crippen LogP contribution in [0, 0.1) is 0 Å². The molecule has 2 heterocycles. The third-order valence-electron chi connectivity index (χ3n) is 2.57. The number of carbonyl (C=O) groups excluding carboxylic acids is 1. The molecule has 2 fully saturated rings. The summed E-state index contributed by atoms with van der Waals surface area (Å²) in [5.74, 6) is 0.260. The van der Waals surface area contributed by atoms with Gasteiger partial charge >= 0.3 is 0 Å². The van der Waals surface area contributed by atoms with Crippen molar-refractivity contribution in [3.8, 4) is 0 Å². The molecule has 2 aliphatic rings. The molecule has 0 aromatic rings. The van der Waals surface area contributed by atoms with Crippen molar-refractivity contribution in [2.24, 2.45) is 0 Å². The summed E-state index contributed by atoms with van der Waals surface area (Å²) in [7, 11) is 0. The van der Waals surface area contributed by atoms with Crippen LogP contribution in [0.5, 0.6) is 0 Å². The number of hydrogen-bond donors (Lipinski definition) is 0. The Balaban J connectivity index is 1.89. The molecular formula is C9H15NO2. The molecule has 68 valence electrons. The van der Waals surface area contributed by atoms with E-state index in [1.165, 1.54) is 12.8 Å². The fraction of sp³-hybridized carbons (Fsp3) is 0.889. The first-order valence-corrected chi connectivity index (χ1v) is 4.61. The number of fused-ring (bicyclic) bond motifs is 2. The monoisotopic (exact) mass is 169 g/mol. The van der Waals surface area contributed by atoms with Crippen LogP contribution in [0.2, 0.25) is 0 Å². The van der Waals surface area contributed by atoms with Gasteiger partial charge in [0.15, 0.2) is 0 Å². The zero-order chi connectivity index (χ0) is 8.55. The van der Waals surface area contributed by atoms with E-state index in [0.29, 0.717) is 18.8 Å². The van der Waals surface area contributed by atoms with Gasteiger partial charge in [0.1, 0.15) is 5.78 Å². The normalized spacial score (nSPS) is 35.4. The molecule has 0 aromatic heterocycles. The topological polar surface area (TPSA) is 29.5 Å². The summed E-state index contributed by atoms with van der Waals surface area (Å²) < 4.78 is 5.66. The van der Waals surface area contributed by atoms with Gasteiger partial charge in [0.25, 0.3) is 0 Å². The molecule has 0 N–H and O–H groups in total. The highest BCUT2D eigenvalue weighted by molar-refractivity contribution is 5.77. The first-order chi connectivity index (χ1) is 5.74. The van der Waals surface area contributed by atoms with E-state index >= 15 is 0 Å². The van der Waals surface area contributed by atoms with E-state index in [0.717, 1.165) is 13.1 Å². The Morgan fingerprint density at radius 1 is 1.42 bits per heavy atom. The van der Waals surface area contributed by atoms with Gasteiger partial charge in [-0.25, -0.2) is 0 Å². The van der Waals surface area contributed by atoms with Crippen LogP contribution in [0.4, 0.5) is 0 Å². The number of ether oxygens (including phenoxy) is 1. The van der Waals surface area contributed by atoms with Crippen molar-refractivity contribution in [3.05, 3.63) is 0 Å². The van der Waals surface area contributed by atoms with Gasteiger partial charge in [0.2, 0.25) is 0 Å². The van der Waals surface area contributed by atoms with Crippen molar-refractivity contribution in [2.45, 2.75) is 32.0 Å². The van der Waals surface area contributed by atoms with E-state index in [1.807, 2.05) is 0 Å². The molecule has 2 unspecified atom stereocenters. The lowest BCUT2D eigenvalue weighted by Crippen LogP contribution is -2.44. The van der Waals surface area contributed by atoms with E-state index in [-0.39, 0.29) is 5.78 Å². The van der Waals surface area contributed by atoms with Crippen LogP contribution in [-0.4, -0.2) is 42.5 Å². The Bertz CT molecular complexity index is 181. The summed E-state index contributed by atoms with van der Waals surface area (Å²) in [5.41, 5.74) is 0. The number of likely N-dealkylation sites (tertiary alicyclic amines) is 1. The predicted molar refractivity (Wildman–Crippen MR) is 45.0 cm³/mol. The Hall–Kier alpha value is -0.410. The molecule has 2 bridgehead atoms. The quantitative estimate of drug-likeness (QED) is 0.600. The highest BCUT2D eigenvalue weighted by Crippen LogP contribution is 2.25. The number of rotatable bonds is 2. The summed E-state index contributed by atoms with van der Waals surface area (Å²) in [4.78, 5) is 13.1. The molecule has 2 atom stereocenters. The summed E-state index contributed by atoms with van der Waals surface area (Å²) in [6.45, 7) is 4.17. The van der Waals surface area contributed by atoms with Crippen LogP contribution in [0.25, 0.3) is 0 Å². The van der Waals surface area contributed by atoms with E-state index in [1.54, 1.807) is 6.92 Å². The van der Waals surface area contributed by atoms with Gasteiger partial charge in [-0.1, -0.05) is 0 Å². The maximum absolute atomic E-state index is 10.9. The fourth-order valence-electron chi connectivity index (χ4n) is 2.14. The lowest BCUT2D eigenvalue weighted by molar-refractivity contribution is -0.120. The minimum atomic E-state index is 0.260. The zero-order valence-corrected chi connectivity index (χ0v) is 7.45. The molecule has 12 heavy (non-hydrogen) atoms. The van der Waals surface area contributed by atoms with Crippen molar-refractivity contribution >= 4 is 5.78 Å². The SMILES string of the molecule is CC(=O)CN1CC2CCC(C1)O2. The van der Waals surface area contributed by atoms with Gasteiger partial charge < -0.3 is 4.74 Å². The molecule has 3 heteroatoms. The van der Waals surface area contributed by atoms with Gasteiger partial charge in [0.05, 0.1) is 18.8 Å². The average molecular weight is 169 g/mol. The van der Waals surface area contributed by atoms with Crippen molar-refractivity contribution in [1.29, 1.82) is 0 Å². The molecule has 3 nitrogen and oxygen atoms in total. The number of nitrogens with zero attached hydrogens (tertiary/aromatic N) is 1. The Morgan fingerprint density at radius 3 is 2.50 bits per heavy atom. The molecule has 2 aliphatic heterocycles. The Labute approximate surface area is 72.7 Å². The van der Waals surface area contributed by atoms with Crippen LogP contribution >= 0.6 is 0 Å². The second kappa shape index (κ2) is 3.15. The molecule has 0 aromatic carbocycles. The predicted octanol–water partition coefficient (Wildman–Crippen LogP) is 0.439. The second-order valence-electron chi connectivity index (χ2n) is 3.85. The van der Waals surface area contributed by atoms with E-state index in [4.69, 9.17) is 4.74 Å². The van der Waals surface area contributed by atoms with Gasteiger partial charge in [-0.2, -0.15) is 0 Å². The van der Waals surface area contributed by atoms with Gasteiger partial charge in [-0.05, 0) is 19.8 Å². The third kappa shape index (κ3) is 1.67. The summed E-state index contributed by atoms with van der Waals surface area (Å²) in [6.07, 6.45) is 3.17. The minimum Gasteiger partial charge on any atom is -0.372 e. The van der Waals surface area contributed by atoms with Gasteiger partial charge in [-0.3, -0.25) is 9.69 Å².